The molecule has 108 valence electrons. The Hall–Kier alpha value is -2.35. The van der Waals surface area contributed by atoms with E-state index in [-0.39, 0.29) is 5.70 Å². The van der Waals surface area contributed by atoms with Crippen LogP contribution in [0.15, 0.2) is 40.8 Å². The molecule has 0 aliphatic carbocycles. The van der Waals surface area contributed by atoms with Crippen molar-refractivity contribution in [1.29, 1.82) is 0 Å². The minimum atomic E-state index is -1.05. The molecule has 1 aromatic carbocycles. The maximum absolute atomic E-state index is 11.3. The molecule has 2 heterocycles. The summed E-state index contributed by atoms with van der Waals surface area (Å²) in [5, 5.41) is 16.1. The summed E-state index contributed by atoms with van der Waals surface area (Å²) in [6.45, 7) is 0. The number of aliphatic carboxylic acids is 1. The van der Waals surface area contributed by atoms with Crippen molar-refractivity contribution in [2.24, 2.45) is 0 Å². The number of rotatable bonds is 3. The molecule has 7 nitrogen and oxygen atoms in total. The Bertz CT molecular complexity index is 741. The summed E-state index contributed by atoms with van der Waals surface area (Å²) < 4.78 is 7.83. The van der Waals surface area contributed by atoms with Crippen LogP contribution in [0.5, 0.6) is 5.75 Å². The van der Waals surface area contributed by atoms with E-state index in [1.54, 1.807) is 17.9 Å². The lowest BCUT2D eigenvalue weighted by atomic mass is 10.0. The first-order chi connectivity index (χ1) is 10.1. The van der Waals surface area contributed by atoms with Crippen LogP contribution < -0.4 is 10.1 Å². The minimum absolute atomic E-state index is 0.0579. The molecule has 2 aromatic rings. The third-order valence-electron chi connectivity index (χ3n) is 3.15. The first-order valence-electron chi connectivity index (χ1n) is 6.05. The fourth-order valence-corrected chi connectivity index (χ4v) is 2.60. The minimum Gasteiger partial charge on any atom is -0.496 e. The molecule has 21 heavy (non-hydrogen) atoms. The van der Waals surface area contributed by atoms with Crippen molar-refractivity contribution < 1.29 is 14.6 Å². The van der Waals surface area contributed by atoms with Gasteiger partial charge in [0.15, 0.2) is 0 Å². The average Bonchev–Trinajstić information content (AvgIpc) is 2.94. The van der Waals surface area contributed by atoms with Crippen LogP contribution in [0, 0.1) is 0 Å². The maximum Gasteiger partial charge on any atom is 0.352 e. The number of ether oxygens (including phenoxy) is 1. The Morgan fingerprint density at radius 2 is 2.33 bits per heavy atom. The van der Waals surface area contributed by atoms with Gasteiger partial charge in [0.1, 0.15) is 23.8 Å². The number of methoxy groups -OCH3 is 1. The van der Waals surface area contributed by atoms with Gasteiger partial charge in [-0.05, 0) is 24.3 Å². The van der Waals surface area contributed by atoms with E-state index in [9.17, 15) is 9.90 Å². The van der Waals surface area contributed by atoms with Crippen LogP contribution in [0.25, 0.3) is 0 Å². The second kappa shape index (κ2) is 5.21. The van der Waals surface area contributed by atoms with Crippen molar-refractivity contribution in [2.45, 2.75) is 6.04 Å². The average molecular weight is 351 g/mol. The molecule has 0 saturated carbocycles. The van der Waals surface area contributed by atoms with E-state index >= 15 is 0 Å². The van der Waals surface area contributed by atoms with Gasteiger partial charge in [0.2, 0.25) is 5.95 Å². The van der Waals surface area contributed by atoms with Crippen LogP contribution in [-0.4, -0.2) is 33.0 Å². The number of aromatic nitrogens is 3. The Labute approximate surface area is 128 Å². The normalized spacial score (nSPS) is 16.7. The lowest BCUT2D eigenvalue weighted by Crippen LogP contribution is -2.24. The lowest BCUT2D eigenvalue weighted by molar-refractivity contribution is -0.132. The highest BCUT2D eigenvalue weighted by Crippen LogP contribution is 2.35. The standard InChI is InChI=1S/C13H11BrN4O3/c1-21-11-3-2-7(14)4-8(11)10-5-9(12(19)20)17-13-15-6-16-18(10)13/h2-6,10H,1H3,(H,19,20)(H,15,16,17)/t10-/m0/s1. The number of hydrogen-bond donors (Lipinski definition) is 2. The molecule has 0 saturated heterocycles. The Kier molecular flexibility index (Phi) is 3.38. The second-order valence-corrected chi connectivity index (χ2v) is 5.29. The number of carboxylic acid groups (broad SMARTS) is 1. The van der Waals surface area contributed by atoms with Crippen molar-refractivity contribution >= 4 is 27.8 Å². The molecule has 8 heteroatoms. The van der Waals surface area contributed by atoms with Gasteiger partial charge >= 0.3 is 5.97 Å². The summed E-state index contributed by atoms with van der Waals surface area (Å²) >= 11 is 3.41. The van der Waals surface area contributed by atoms with E-state index in [4.69, 9.17) is 4.74 Å². The summed E-state index contributed by atoms with van der Waals surface area (Å²) in [5.41, 5.74) is 0.849. The van der Waals surface area contributed by atoms with Crippen LogP contribution in [0.2, 0.25) is 0 Å². The van der Waals surface area contributed by atoms with Crippen LogP contribution in [0.3, 0.4) is 0 Å². The molecule has 0 unspecified atom stereocenters. The Morgan fingerprint density at radius 3 is 3.05 bits per heavy atom. The molecule has 0 spiro atoms. The number of benzene rings is 1. The number of hydrogen-bond acceptors (Lipinski definition) is 5. The fourth-order valence-electron chi connectivity index (χ4n) is 2.22. The van der Waals surface area contributed by atoms with Crippen molar-refractivity contribution in [3.8, 4) is 5.75 Å². The molecule has 2 N–H and O–H groups in total. The molecule has 1 aliphatic rings. The van der Waals surface area contributed by atoms with Crippen molar-refractivity contribution in [3.63, 3.8) is 0 Å². The van der Waals surface area contributed by atoms with Gasteiger partial charge in [-0.25, -0.2) is 9.48 Å². The van der Waals surface area contributed by atoms with Gasteiger partial charge in [0, 0.05) is 10.0 Å². The number of fused-ring (bicyclic) bond motifs is 1. The number of nitrogens with zero attached hydrogens (tertiary/aromatic N) is 3. The van der Waals surface area contributed by atoms with Gasteiger partial charge in [0.25, 0.3) is 0 Å². The number of allylic oxidation sites excluding steroid dienone is 1. The first kappa shape index (κ1) is 13.6. The third-order valence-corrected chi connectivity index (χ3v) is 3.64. The van der Waals surface area contributed by atoms with Gasteiger partial charge < -0.3 is 15.2 Å². The summed E-state index contributed by atoms with van der Waals surface area (Å²) in [6.07, 6.45) is 2.95. The van der Waals surface area contributed by atoms with E-state index in [0.717, 1.165) is 10.0 Å². The monoisotopic (exact) mass is 350 g/mol. The van der Waals surface area contributed by atoms with Gasteiger partial charge in [-0.3, -0.25) is 0 Å². The van der Waals surface area contributed by atoms with Crippen LogP contribution in [0.4, 0.5) is 5.95 Å². The topological polar surface area (TPSA) is 89.3 Å². The molecule has 0 amide bonds. The second-order valence-electron chi connectivity index (χ2n) is 4.37. The fraction of sp³-hybridized carbons (Fsp3) is 0.154. The third kappa shape index (κ3) is 2.38. The van der Waals surface area contributed by atoms with E-state index in [2.05, 4.69) is 31.3 Å². The van der Waals surface area contributed by atoms with Gasteiger partial charge in [-0.2, -0.15) is 10.1 Å². The molecule has 1 aromatic heterocycles. The zero-order chi connectivity index (χ0) is 15.0. The van der Waals surface area contributed by atoms with Gasteiger partial charge in [-0.1, -0.05) is 15.9 Å². The zero-order valence-corrected chi connectivity index (χ0v) is 12.5. The number of halogens is 1. The zero-order valence-electron chi connectivity index (χ0n) is 10.9. The van der Waals surface area contributed by atoms with E-state index in [1.165, 1.54) is 6.33 Å². The largest absolute Gasteiger partial charge is 0.496 e. The van der Waals surface area contributed by atoms with Crippen molar-refractivity contribution in [3.05, 3.63) is 46.3 Å². The SMILES string of the molecule is COc1ccc(Br)cc1[C@@H]1C=C(C(=O)O)Nc2ncnn21. The predicted octanol–water partition coefficient (Wildman–Crippen LogP) is 2.03. The van der Waals surface area contributed by atoms with E-state index in [0.29, 0.717) is 11.7 Å². The first-order valence-corrected chi connectivity index (χ1v) is 6.84. The van der Waals surface area contributed by atoms with Crippen LogP contribution in [-0.2, 0) is 4.79 Å². The van der Waals surface area contributed by atoms with Crippen molar-refractivity contribution in [1.82, 2.24) is 14.8 Å². The molecule has 0 fully saturated rings. The molecule has 1 aliphatic heterocycles. The van der Waals surface area contributed by atoms with Crippen molar-refractivity contribution in [2.75, 3.05) is 12.4 Å². The number of nitrogens with one attached hydrogen (secondary N) is 1. The van der Waals surface area contributed by atoms with Crippen LogP contribution >= 0.6 is 15.9 Å². The highest BCUT2D eigenvalue weighted by molar-refractivity contribution is 9.10. The Morgan fingerprint density at radius 1 is 1.52 bits per heavy atom. The number of carbonyl (C=O) groups is 1. The molecule has 0 bridgehead atoms. The van der Waals surface area contributed by atoms with Gasteiger partial charge in [-0.15, -0.1) is 0 Å². The van der Waals surface area contributed by atoms with E-state index < -0.39 is 12.0 Å². The summed E-state index contributed by atoms with van der Waals surface area (Å²) in [6, 6.07) is 5.12. The number of anilines is 1. The smallest absolute Gasteiger partial charge is 0.352 e. The quantitative estimate of drug-likeness (QED) is 0.880. The highest BCUT2D eigenvalue weighted by atomic mass is 79.9. The summed E-state index contributed by atoms with van der Waals surface area (Å²) in [5.74, 6) is -0.0299. The molecular weight excluding hydrogens is 340 g/mol. The maximum atomic E-state index is 11.3. The molecule has 1 atom stereocenters. The summed E-state index contributed by atoms with van der Waals surface area (Å²) in [4.78, 5) is 15.3. The molecular formula is C13H11BrN4O3. The molecule has 0 radical (unpaired) electrons. The summed E-state index contributed by atoms with van der Waals surface area (Å²) in [7, 11) is 1.57. The Balaban J connectivity index is 2.17. The van der Waals surface area contributed by atoms with Gasteiger partial charge in [0.05, 0.1) is 7.11 Å². The van der Waals surface area contributed by atoms with E-state index in [1.807, 2.05) is 18.2 Å². The predicted molar refractivity (Wildman–Crippen MR) is 78.2 cm³/mol. The lowest BCUT2D eigenvalue weighted by Gasteiger charge is -2.24. The number of carboxylic acids is 1. The molecule has 3 rings (SSSR count). The highest BCUT2D eigenvalue weighted by Gasteiger charge is 2.27. The van der Waals surface area contributed by atoms with Crippen LogP contribution in [0.1, 0.15) is 11.6 Å².